The zero-order chi connectivity index (χ0) is 20.1. The molecule has 0 N–H and O–H groups in total. The summed E-state index contributed by atoms with van der Waals surface area (Å²) in [5, 5.41) is 0. The van der Waals surface area contributed by atoms with Crippen LogP contribution in [0.4, 0.5) is 11.4 Å². The van der Waals surface area contributed by atoms with Crippen LogP contribution in [0.5, 0.6) is 0 Å². The third-order valence-corrected chi connectivity index (χ3v) is 4.31. The average Bonchev–Trinajstić information content (AvgIpc) is 2.60. The maximum absolute atomic E-state index is 3.92. The summed E-state index contributed by atoms with van der Waals surface area (Å²) in [6.07, 6.45) is 8.34. The van der Waals surface area contributed by atoms with E-state index in [0.29, 0.717) is 0 Å². The second-order valence-corrected chi connectivity index (χ2v) is 8.99. The van der Waals surface area contributed by atoms with Gasteiger partial charge >= 0.3 is 0 Å². The smallest absolute Gasteiger partial charge is 0.0461 e. The SMILES string of the molecule is C=C/C=C(\C=C/C(C)(C)C)N(c1ccccc1)c1ccc(C(C)(C)C)cc1. The van der Waals surface area contributed by atoms with E-state index in [9.17, 15) is 0 Å². The first-order valence-corrected chi connectivity index (χ1v) is 9.59. The summed E-state index contributed by atoms with van der Waals surface area (Å²) >= 11 is 0. The van der Waals surface area contributed by atoms with Crippen LogP contribution in [0.3, 0.4) is 0 Å². The molecule has 2 rings (SSSR count). The topological polar surface area (TPSA) is 3.24 Å². The van der Waals surface area contributed by atoms with Gasteiger partial charge in [0.05, 0.1) is 0 Å². The Hall–Kier alpha value is -2.54. The van der Waals surface area contributed by atoms with Crippen molar-refractivity contribution < 1.29 is 0 Å². The molecule has 0 aliphatic rings. The molecular formula is C26H33N. The third-order valence-electron chi connectivity index (χ3n) is 4.31. The van der Waals surface area contributed by atoms with Gasteiger partial charge in [0.2, 0.25) is 0 Å². The maximum Gasteiger partial charge on any atom is 0.0461 e. The largest absolute Gasteiger partial charge is 0.311 e. The van der Waals surface area contributed by atoms with Gasteiger partial charge in [-0.15, -0.1) is 0 Å². The van der Waals surface area contributed by atoms with Crippen molar-refractivity contribution >= 4 is 11.4 Å². The lowest BCUT2D eigenvalue weighted by atomic mass is 9.87. The molecule has 0 heterocycles. The van der Waals surface area contributed by atoms with Crippen molar-refractivity contribution in [1.29, 1.82) is 0 Å². The van der Waals surface area contributed by atoms with E-state index in [-0.39, 0.29) is 10.8 Å². The van der Waals surface area contributed by atoms with Gasteiger partial charge in [-0.05, 0) is 52.8 Å². The zero-order valence-corrected chi connectivity index (χ0v) is 17.7. The quantitative estimate of drug-likeness (QED) is 0.492. The van der Waals surface area contributed by atoms with E-state index >= 15 is 0 Å². The van der Waals surface area contributed by atoms with E-state index in [4.69, 9.17) is 0 Å². The van der Waals surface area contributed by atoms with E-state index in [1.54, 1.807) is 0 Å². The van der Waals surface area contributed by atoms with E-state index in [2.05, 4.69) is 120 Å². The minimum Gasteiger partial charge on any atom is -0.311 e. The molecule has 0 unspecified atom stereocenters. The summed E-state index contributed by atoms with van der Waals surface area (Å²) in [6.45, 7) is 17.3. The molecule has 1 nitrogen and oxygen atoms in total. The minimum absolute atomic E-state index is 0.110. The van der Waals surface area contributed by atoms with Crippen molar-refractivity contribution in [3.05, 3.63) is 96.7 Å². The number of hydrogen-bond donors (Lipinski definition) is 0. The van der Waals surface area contributed by atoms with Crippen LogP contribution in [0.15, 0.2) is 91.2 Å². The van der Waals surface area contributed by atoms with Gasteiger partial charge in [-0.25, -0.2) is 0 Å². The highest BCUT2D eigenvalue weighted by molar-refractivity contribution is 5.70. The van der Waals surface area contributed by atoms with E-state index in [1.807, 2.05) is 12.1 Å². The van der Waals surface area contributed by atoms with Crippen molar-refractivity contribution in [2.24, 2.45) is 5.41 Å². The Morgan fingerprint density at radius 1 is 0.815 bits per heavy atom. The molecule has 0 amide bonds. The summed E-state index contributed by atoms with van der Waals surface area (Å²) in [5.41, 5.74) is 4.95. The molecule has 0 spiro atoms. The predicted molar refractivity (Wildman–Crippen MR) is 121 cm³/mol. The van der Waals surface area contributed by atoms with Crippen molar-refractivity contribution in [2.45, 2.75) is 47.0 Å². The summed E-state index contributed by atoms with van der Waals surface area (Å²) in [4.78, 5) is 2.27. The van der Waals surface area contributed by atoms with Crippen LogP contribution in [0.1, 0.15) is 47.1 Å². The molecular weight excluding hydrogens is 326 g/mol. The average molecular weight is 360 g/mol. The standard InChI is InChI=1S/C26H33N/c1-8-12-22(19-20-25(2,3)4)27(23-13-10-9-11-14-23)24-17-15-21(16-18-24)26(5,6)7/h8-20H,1H2,2-7H3/b20-19-,22-12+. The number of rotatable bonds is 5. The highest BCUT2D eigenvalue weighted by atomic mass is 15.1. The van der Waals surface area contributed by atoms with Gasteiger partial charge in [-0.1, -0.05) is 90.6 Å². The second kappa shape index (κ2) is 8.43. The van der Waals surface area contributed by atoms with Gasteiger partial charge in [0, 0.05) is 17.1 Å². The molecule has 0 aliphatic carbocycles. The van der Waals surface area contributed by atoms with Crippen LogP contribution in [0.2, 0.25) is 0 Å². The van der Waals surface area contributed by atoms with Gasteiger partial charge in [-0.2, -0.15) is 0 Å². The van der Waals surface area contributed by atoms with E-state index in [1.165, 1.54) is 5.56 Å². The van der Waals surface area contributed by atoms with Crippen molar-refractivity contribution in [1.82, 2.24) is 0 Å². The fourth-order valence-electron chi connectivity index (χ4n) is 2.80. The molecule has 142 valence electrons. The second-order valence-electron chi connectivity index (χ2n) is 8.99. The summed E-state index contributed by atoms with van der Waals surface area (Å²) in [7, 11) is 0. The van der Waals surface area contributed by atoms with Crippen LogP contribution >= 0.6 is 0 Å². The molecule has 2 aromatic carbocycles. The molecule has 2 aromatic rings. The highest BCUT2D eigenvalue weighted by Gasteiger charge is 2.17. The first-order chi connectivity index (χ1) is 12.6. The van der Waals surface area contributed by atoms with Crippen LogP contribution in [-0.2, 0) is 5.41 Å². The number of allylic oxidation sites excluding steroid dienone is 4. The first-order valence-electron chi connectivity index (χ1n) is 9.59. The van der Waals surface area contributed by atoms with Gasteiger partial charge in [-0.3, -0.25) is 0 Å². The molecule has 0 fully saturated rings. The Morgan fingerprint density at radius 3 is 1.85 bits per heavy atom. The maximum atomic E-state index is 3.92. The summed E-state index contributed by atoms with van der Waals surface area (Å²) in [5.74, 6) is 0. The number of benzene rings is 2. The third kappa shape index (κ3) is 5.99. The molecule has 0 saturated heterocycles. The molecule has 0 saturated carbocycles. The molecule has 0 aromatic heterocycles. The molecule has 0 atom stereocenters. The highest BCUT2D eigenvalue weighted by Crippen LogP contribution is 2.33. The summed E-state index contributed by atoms with van der Waals surface area (Å²) < 4.78 is 0. The lowest BCUT2D eigenvalue weighted by Crippen LogP contribution is -2.16. The number of nitrogens with zero attached hydrogens (tertiary/aromatic N) is 1. The first kappa shape index (κ1) is 20.8. The minimum atomic E-state index is 0.110. The fourth-order valence-corrected chi connectivity index (χ4v) is 2.80. The number of para-hydroxylation sites is 1. The van der Waals surface area contributed by atoms with Gasteiger partial charge in [0.15, 0.2) is 0 Å². The van der Waals surface area contributed by atoms with Crippen LogP contribution in [0, 0.1) is 5.41 Å². The molecule has 0 aliphatic heterocycles. The van der Waals surface area contributed by atoms with Crippen LogP contribution in [-0.4, -0.2) is 0 Å². The van der Waals surface area contributed by atoms with Gasteiger partial charge < -0.3 is 4.90 Å². The van der Waals surface area contributed by atoms with Crippen LogP contribution < -0.4 is 4.90 Å². The zero-order valence-electron chi connectivity index (χ0n) is 17.7. The van der Waals surface area contributed by atoms with Crippen molar-refractivity contribution in [2.75, 3.05) is 4.90 Å². The predicted octanol–water partition coefficient (Wildman–Crippen LogP) is 7.79. The van der Waals surface area contributed by atoms with Gasteiger partial charge in [0.25, 0.3) is 0 Å². The monoisotopic (exact) mass is 359 g/mol. The lowest BCUT2D eigenvalue weighted by molar-refractivity contribution is 0.544. The lowest BCUT2D eigenvalue weighted by Gasteiger charge is -2.28. The Labute approximate surface area is 165 Å². The van der Waals surface area contributed by atoms with Crippen molar-refractivity contribution in [3.63, 3.8) is 0 Å². The molecule has 0 radical (unpaired) electrons. The number of anilines is 2. The fraction of sp³-hybridized carbons (Fsp3) is 0.308. The van der Waals surface area contributed by atoms with E-state index in [0.717, 1.165) is 17.1 Å². The molecule has 0 bridgehead atoms. The van der Waals surface area contributed by atoms with Gasteiger partial charge in [0.1, 0.15) is 0 Å². The van der Waals surface area contributed by atoms with Crippen LogP contribution in [0.25, 0.3) is 0 Å². The molecule has 1 heteroatoms. The Balaban J connectivity index is 2.56. The number of hydrogen-bond acceptors (Lipinski definition) is 1. The summed E-state index contributed by atoms with van der Waals surface area (Å²) in [6, 6.07) is 19.3. The normalized spacial score (nSPS) is 13.0. The Kier molecular flexibility index (Phi) is 6.49. The molecule has 27 heavy (non-hydrogen) atoms. The Morgan fingerprint density at radius 2 is 1.37 bits per heavy atom. The van der Waals surface area contributed by atoms with Crippen molar-refractivity contribution in [3.8, 4) is 0 Å². The Bertz CT molecular complexity index is 794. The van der Waals surface area contributed by atoms with E-state index < -0.39 is 0 Å².